The third-order valence-corrected chi connectivity index (χ3v) is 3.08. The maximum atomic E-state index is 9.08. The first kappa shape index (κ1) is 10.8. The van der Waals surface area contributed by atoms with Gasteiger partial charge in [-0.15, -0.1) is 11.3 Å². The maximum absolute atomic E-state index is 9.08. The Hall–Kier alpha value is -1.70. The van der Waals surface area contributed by atoms with Crippen LogP contribution in [0.2, 0.25) is 5.22 Å². The van der Waals surface area contributed by atoms with E-state index in [1.165, 1.54) is 11.3 Å². The van der Waals surface area contributed by atoms with Crippen LogP contribution < -0.4 is 5.73 Å². The summed E-state index contributed by atoms with van der Waals surface area (Å²) in [7, 11) is 0. The molecule has 0 amide bonds. The lowest BCUT2D eigenvalue weighted by molar-refractivity contribution is 0.554. The Morgan fingerprint density at radius 1 is 1.44 bits per heavy atom. The molecule has 2 aromatic heterocycles. The number of nitrogens with two attached hydrogens (primary N) is 1. The first-order valence-corrected chi connectivity index (χ1v) is 5.67. The van der Waals surface area contributed by atoms with Crippen LogP contribution in [0.3, 0.4) is 0 Å². The van der Waals surface area contributed by atoms with Gasteiger partial charge in [-0.2, -0.15) is 5.26 Å². The van der Waals surface area contributed by atoms with Crippen LogP contribution in [0.25, 0.3) is 11.3 Å². The summed E-state index contributed by atoms with van der Waals surface area (Å²) >= 11 is 7.10. The van der Waals surface area contributed by atoms with Crippen molar-refractivity contribution in [2.24, 2.45) is 5.73 Å². The second-order valence-corrected chi connectivity index (χ2v) is 4.30. The third-order valence-electron chi connectivity index (χ3n) is 1.99. The smallest absolute Gasteiger partial charge is 0.194 e. The number of hydrogen-bond donors (Lipinski definition) is 1. The van der Waals surface area contributed by atoms with Gasteiger partial charge in [-0.05, 0) is 35.2 Å². The lowest BCUT2D eigenvalue weighted by atomic mass is 10.1. The summed E-state index contributed by atoms with van der Waals surface area (Å²) in [4.78, 5) is 0.813. The number of nitrogens with zero attached hydrogens (tertiary/aromatic N) is 1. The molecule has 3 nitrogen and oxygen atoms in total. The zero-order valence-corrected chi connectivity index (χ0v) is 9.68. The van der Waals surface area contributed by atoms with E-state index in [2.05, 4.69) is 6.07 Å². The Morgan fingerprint density at radius 3 is 2.75 bits per heavy atom. The largest absolute Gasteiger partial charge is 0.443 e. The van der Waals surface area contributed by atoms with Crippen LogP contribution in [0, 0.1) is 11.3 Å². The van der Waals surface area contributed by atoms with Crippen molar-refractivity contribution in [3.05, 3.63) is 45.5 Å². The lowest BCUT2D eigenvalue weighted by Crippen LogP contribution is -1.98. The van der Waals surface area contributed by atoms with E-state index in [4.69, 9.17) is 27.0 Å². The molecular formula is C11H7ClN2OS. The summed E-state index contributed by atoms with van der Waals surface area (Å²) in [6.07, 6.45) is 0. The van der Waals surface area contributed by atoms with Crippen LogP contribution in [0.5, 0.6) is 0 Å². The van der Waals surface area contributed by atoms with Crippen LogP contribution in [-0.2, 0) is 0 Å². The SMILES string of the molecule is N#C/C(=C(/N)c1ccc(Cl)o1)c1cccs1. The minimum atomic E-state index is 0.251. The van der Waals surface area contributed by atoms with Gasteiger partial charge in [-0.3, -0.25) is 0 Å². The Kier molecular flexibility index (Phi) is 3.00. The summed E-state index contributed by atoms with van der Waals surface area (Å²) in [5.74, 6) is 0.412. The van der Waals surface area contributed by atoms with Crippen molar-refractivity contribution in [3.63, 3.8) is 0 Å². The van der Waals surface area contributed by atoms with Gasteiger partial charge in [-0.25, -0.2) is 0 Å². The monoisotopic (exact) mass is 250 g/mol. The minimum absolute atomic E-state index is 0.251. The van der Waals surface area contributed by atoms with Gasteiger partial charge < -0.3 is 10.2 Å². The molecule has 0 aromatic carbocycles. The van der Waals surface area contributed by atoms with Crippen molar-refractivity contribution >= 4 is 34.2 Å². The van der Waals surface area contributed by atoms with Crippen molar-refractivity contribution in [1.29, 1.82) is 5.26 Å². The first-order chi connectivity index (χ1) is 7.72. The van der Waals surface area contributed by atoms with Crippen molar-refractivity contribution in [3.8, 4) is 6.07 Å². The molecule has 0 atom stereocenters. The molecule has 5 heteroatoms. The van der Waals surface area contributed by atoms with Gasteiger partial charge in [0.25, 0.3) is 0 Å². The van der Waals surface area contributed by atoms with E-state index in [9.17, 15) is 0 Å². The van der Waals surface area contributed by atoms with E-state index < -0.39 is 0 Å². The van der Waals surface area contributed by atoms with Gasteiger partial charge in [0.15, 0.2) is 11.0 Å². The quantitative estimate of drug-likeness (QED) is 0.832. The standard InChI is InChI=1S/C11H7ClN2OS/c12-10-4-3-8(15-10)11(14)7(6-13)9-2-1-5-16-9/h1-5H,14H2/b11-7-. The predicted molar refractivity (Wildman–Crippen MR) is 64.7 cm³/mol. The Labute approximate surface area is 101 Å². The Balaban J connectivity index is 2.51. The zero-order chi connectivity index (χ0) is 11.5. The molecule has 0 aliphatic carbocycles. The molecular weight excluding hydrogens is 244 g/mol. The van der Waals surface area contributed by atoms with Gasteiger partial charge >= 0.3 is 0 Å². The van der Waals surface area contributed by atoms with Crippen LogP contribution in [0.15, 0.2) is 34.1 Å². The van der Waals surface area contributed by atoms with Crippen molar-refractivity contribution < 1.29 is 4.42 Å². The first-order valence-electron chi connectivity index (χ1n) is 4.42. The highest BCUT2D eigenvalue weighted by atomic mass is 35.5. The number of hydrogen-bond acceptors (Lipinski definition) is 4. The van der Waals surface area contributed by atoms with Gasteiger partial charge in [0.1, 0.15) is 6.07 Å². The normalized spacial score (nSPS) is 12.0. The fourth-order valence-electron chi connectivity index (χ4n) is 1.25. The van der Waals surface area contributed by atoms with Gasteiger partial charge in [0, 0.05) is 4.88 Å². The molecule has 0 fully saturated rings. The molecule has 0 unspecified atom stereocenters. The summed E-state index contributed by atoms with van der Waals surface area (Å²) in [6, 6.07) is 9.00. The maximum Gasteiger partial charge on any atom is 0.194 e. The van der Waals surface area contributed by atoms with Gasteiger partial charge in [-0.1, -0.05) is 6.07 Å². The fourth-order valence-corrected chi connectivity index (χ4v) is 2.13. The summed E-state index contributed by atoms with van der Waals surface area (Å²) in [5.41, 5.74) is 6.57. The Bertz CT molecular complexity index is 563. The average molecular weight is 251 g/mol. The van der Waals surface area contributed by atoms with Gasteiger partial charge in [0.05, 0.1) is 11.3 Å². The average Bonchev–Trinajstić information content (AvgIpc) is 2.90. The molecule has 16 heavy (non-hydrogen) atoms. The van der Waals surface area contributed by atoms with Crippen molar-refractivity contribution in [2.75, 3.05) is 0 Å². The lowest BCUT2D eigenvalue weighted by Gasteiger charge is -1.99. The van der Waals surface area contributed by atoms with E-state index in [1.54, 1.807) is 12.1 Å². The zero-order valence-electron chi connectivity index (χ0n) is 8.11. The molecule has 0 radical (unpaired) electrons. The highest BCUT2D eigenvalue weighted by molar-refractivity contribution is 7.11. The van der Waals surface area contributed by atoms with Crippen molar-refractivity contribution in [1.82, 2.24) is 0 Å². The minimum Gasteiger partial charge on any atom is -0.443 e. The van der Waals surface area contributed by atoms with Crippen LogP contribution in [0.1, 0.15) is 10.6 Å². The molecule has 2 aromatic rings. The van der Waals surface area contributed by atoms with E-state index in [1.807, 2.05) is 17.5 Å². The number of nitriles is 1. The molecule has 2 N–H and O–H groups in total. The third kappa shape index (κ3) is 1.96. The molecule has 0 saturated carbocycles. The number of rotatable bonds is 2. The Morgan fingerprint density at radius 2 is 2.25 bits per heavy atom. The molecule has 0 bridgehead atoms. The van der Waals surface area contributed by atoms with E-state index >= 15 is 0 Å². The predicted octanol–water partition coefficient (Wildman–Crippen LogP) is 3.35. The fraction of sp³-hybridized carbons (Fsp3) is 0. The molecule has 2 rings (SSSR count). The highest BCUT2D eigenvalue weighted by Gasteiger charge is 2.12. The second-order valence-electron chi connectivity index (χ2n) is 2.98. The van der Waals surface area contributed by atoms with E-state index in [-0.39, 0.29) is 5.22 Å². The van der Waals surface area contributed by atoms with E-state index in [0.29, 0.717) is 17.0 Å². The molecule has 0 saturated heterocycles. The van der Waals surface area contributed by atoms with Crippen LogP contribution in [-0.4, -0.2) is 0 Å². The molecule has 0 spiro atoms. The summed E-state index contributed by atoms with van der Waals surface area (Å²) in [5, 5.41) is 11.2. The molecule has 0 aliphatic rings. The van der Waals surface area contributed by atoms with Crippen molar-refractivity contribution in [2.45, 2.75) is 0 Å². The number of halogens is 1. The number of furan rings is 1. The van der Waals surface area contributed by atoms with Crippen LogP contribution in [0.4, 0.5) is 0 Å². The second kappa shape index (κ2) is 4.44. The number of allylic oxidation sites excluding steroid dienone is 1. The molecule has 2 heterocycles. The summed E-state index contributed by atoms with van der Waals surface area (Å²) < 4.78 is 5.16. The molecule has 0 aliphatic heterocycles. The highest BCUT2D eigenvalue weighted by Crippen LogP contribution is 2.27. The topological polar surface area (TPSA) is 63.0 Å². The summed E-state index contributed by atoms with van der Waals surface area (Å²) in [6.45, 7) is 0. The van der Waals surface area contributed by atoms with Gasteiger partial charge in [0.2, 0.25) is 0 Å². The molecule has 80 valence electrons. The van der Waals surface area contributed by atoms with E-state index in [0.717, 1.165) is 4.88 Å². The van der Waals surface area contributed by atoms with Crippen LogP contribution >= 0.6 is 22.9 Å². The number of thiophene rings is 1.